The van der Waals surface area contributed by atoms with Crippen LogP contribution in [0.2, 0.25) is 0 Å². The van der Waals surface area contributed by atoms with E-state index in [0.29, 0.717) is 17.5 Å². The van der Waals surface area contributed by atoms with Crippen molar-refractivity contribution < 1.29 is 4.42 Å². The Morgan fingerprint density at radius 3 is 1.49 bits per heavy atom. The van der Waals surface area contributed by atoms with Gasteiger partial charge in [0.05, 0.1) is 0 Å². The summed E-state index contributed by atoms with van der Waals surface area (Å²) in [6.45, 7) is 0. The number of hydrogen-bond donors (Lipinski definition) is 0. The number of hydrogen-bond acceptors (Lipinski definition) is 4. The Bertz CT molecular complexity index is 2460. The predicted molar refractivity (Wildman–Crippen MR) is 184 cm³/mol. The molecule has 45 heavy (non-hydrogen) atoms. The van der Waals surface area contributed by atoms with Crippen molar-refractivity contribution in [2.24, 2.45) is 0 Å². The third kappa shape index (κ3) is 4.27. The van der Waals surface area contributed by atoms with Crippen LogP contribution in [0.1, 0.15) is 0 Å². The maximum Gasteiger partial charge on any atom is 0.164 e. The Morgan fingerprint density at radius 1 is 0.378 bits per heavy atom. The zero-order chi connectivity index (χ0) is 29.7. The van der Waals surface area contributed by atoms with Crippen LogP contribution in [0.3, 0.4) is 0 Å². The average molecular weight is 576 g/mol. The lowest BCUT2D eigenvalue weighted by Gasteiger charge is -2.10. The number of nitrogens with zero attached hydrogens (tertiary/aromatic N) is 3. The lowest BCUT2D eigenvalue weighted by Crippen LogP contribution is -2.00. The summed E-state index contributed by atoms with van der Waals surface area (Å²) in [7, 11) is 0. The van der Waals surface area contributed by atoms with Crippen molar-refractivity contribution >= 4 is 43.5 Å². The quantitative estimate of drug-likeness (QED) is 0.209. The van der Waals surface area contributed by atoms with E-state index in [2.05, 4.69) is 91.0 Å². The zero-order valence-electron chi connectivity index (χ0n) is 24.2. The van der Waals surface area contributed by atoms with Gasteiger partial charge in [-0.2, -0.15) is 0 Å². The summed E-state index contributed by atoms with van der Waals surface area (Å²) in [5.41, 5.74) is 6.73. The summed E-state index contributed by atoms with van der Waals surface area (Å²) in [4.78, 5) is 14.7. The molecule has 0 amide bonds. The Morgan fingerprint density at radius 2 is 0.867 bits per heavy atom. The highest BCUT2D eigenvalue weighted by Crippen LogP contribution is 2.43. The molecule has 2 aromatic heterocycles. The summed E-state index contributed by atoms with van der Waals surface area (Å²) in [5.74, 6) is 1.93. The molecule has 210 valence electrons. The van der Waals surface area contributed by atoms with Crippen LogP contribution < -0.4 is 0 Å². The normalized spacial score (nSPS) is 11.6. The molecule has 0 radical (unpaired) electrons. The van der Waals surface area contributed by atoms with Gasteiger partial charge in [-0.15, -0.1) is 0 Å². The first-order valence-electron chi connectivity index (χ1n) is 15.0. The molecule has 0 saturated heterocycles. The van der Waals surface area contributed by atoms with E-state index < -0.39 is 0 Å². The second-order valence-electron chi connectivity index (χ2n) is 11.2. The van der Waals surface area contributed by atoms with Crippen molar-refractivity contribution in [2.75, 3.05) is 0 Å². The molecule has 0 unspecified atom stereocenters. The Balaban J connectivity index is 1.22. The molecule has 0 saturated carbocycles. The van der Waals surface area contributed by atoms with Crippen LogP contribution in [0.25, 0.3) is 88.8 Å². The van der Waals surface area contributed by atoms with Crippen LogP contribution in [0.15, 0.2) is 156 Å². The molecule has 0 bridgehead atoms. The van der Waals surface area contributed by atoms with Gasteiger partial charge in [0.25, 0.3) is 0 Å². The van der Waals surface area contributed by atoms with E-state index in [1.54, 1.807) is 0 Å². The summed E-state index contributed by atoms with van der Waals surface area (Å²) in [6.07, 6.45) is 0. The first kappa shape index (κ1) is 25.4. The molecular weight excluding hydrogens is 550 g/mol. The van der Waals surface area contributed by atoms with Crippen LogP contribution >= 0.6 is 0 Å². The van der Waals surface area contributed by atoms with E-state index in [-0.39, 0.29) is 0 Å². The van der Waals surface area contributed by atoms with Crippen molar-refractivity contribution in [1.82, 2.24) is 15.0 Å². The highest BCUT2D eigenvalue weighted by molar-refractivity contribution is 6.28. The highest BCUT2D eigenvalue weighted by Gasteiger charge is 2.19. The van der Waals surface area contributed by atoms with Crippen molar-refractivity contribution in [1.29, 1.82) is 0 Å². The van der Waals surface area contributed by atoms with Gasteiger partial charge in [0, 0.05) is 33.0 Å². The maximum atomic E-state index is 6.67. The molecule has 0 atom stereocenters. The first-order chi connectivity index (χ1) is 22.3. The molecule has 0 fully saturated rings. The van der Waals surface area contributed by atoms with Gasteiger partial charge in [-0.1, -0.05) is 140 Å². The summed E-state index contributed by atoms with van der Waals surface area (Å²) in [5, 5.41) is 7.08. The predicted octanol–water partition coefficient (Wildman–Crippen LogP) is 10.7. The van der Waals surface area contributed by atoms with Gasteiger partial charge in [-0.25, -0.2) is 15.0 Å². The van der Waals surface area contributed by atoms with Crippen LogP contribution in [0.5, 0.6) is 0 Å². The number of rotatable bonds is 4. The van der Waals surface area contributed by atoms with E-state index in [4.69, 9.17) is 19.4 Å². The van der Waals surface area contributed by atoms with Gasteiger partial charge >= 0.3 is 0 Å². The topological polar surface area (TPSA) is 51.8 Å². The summed E-state index contributed by atoms with van der Waals surface area (Å²) < 4.78 is 6.67. The molecular formula is C41H25N3O. The number of aromatic nitrogens is 3. The van der Waals surface area contributed by atoms with Gasteiger partial charge in [0.2, 0.25) is 0 Å². The largest absolute Gasteiger partial charge is 0.455 e. The standard InChI is InChI=1S/C41H25N3O/c1-3-12-28(13-4-1)39-42-40(29-14-5-2-6-15-29)44-41(43-39)30-21-19-27(20-22-30)34-25-31-16-8-10-18-33(31)37-36-32-17-9-7-11-26(32)23-24-35(36)45-38(34)37/h1-25H. The average Bonchev–Trinajstić information content (AvgIpc) is 3.53. The SMILES string of the molecule is c1ccc(-c2nc(-c3ccccc3)nc(-c3ccc(-c4cc5ccccc5c5c4oc4ccc6ccccc6c45)cc3)n2)cc1. The second-order valence-corrected chi connectivity index (χ2v) is 11.2. The third-order valence-corrected chi connectivity index (χ3v) is 8.51. The third-order valence-electron chi connectivity index (χ3n) is 8.51. The van der Waals surface area contributed by atoms with Crippen LogP contribution in [-0.4, -0.2) is 15.0 Å². The zero-order valence-corrected chi connectivity index (χ0v) is 24.2. The van der Waals surface area contributed by atoms with Gasteiger partial charge < -0.3 is 4.42 Å². The second kappa shape index (κ2) is 10.2. The molecule has 9 rings (SSSR count). The van der Waals surface area contributed by atoms with Crippen LogP contribution in [0, 0.1) is 0 Å². The number of benzene rings is 7. The van der Waals surface area contributed by atoms with Crippen molar-refractivity contribution in [3.05, 3.63) is 152 Å². The number of furan rings is 1. The monoisotopic (exact) mass is 575 g/mol. The Kier molecular flexibility index (Phi) is 5.78. The minimum atomic E-state index is 0.633. The van der Waals surface area contributed by atoms with Crippen LogP contribution in [-0.2, 0) is 0 Å². The fraction of sp³-hybridized carbons (Fsp3) is 0. The molecule has 9 aromatic rings. The molecule has 7 aromatic carbocycles. The lowest BCUT2D eigenvalue weighted by atomic mass is 9.94. The fourth-order valence-electron chi connectivity index (χ4n) is 6.34. The van der Waals surface area contributed by atoms with E-state index in [1.807, 2.05) is 60.7 Å². The summed E-state index contributed by atoms with van der Waals surface area (Å²) in [6, 6.07) is 52.1. The van der Waals surface area contributed by atoms with E-state index in [9.17, 15) is 0 Å². The first-order valence-corrected chi connectivity index (χ1v) is 15.0. The highest BCUT2D eigenvalue weighted by atomic mass is 16.3. The molecule has 0 N–H and O–H groups in total. The molecule has 4 heteroatoms. The lowest BCUT2D eigenvalue weighted by molar-refractivity contribution is 0.670. The van der Waals surface area contributed by atoms with Crippen molar-refractivity contribution in [3.63, 3.8) is 0 Å². The molecule has 4 nitrogen and oxygen atoms in total. The van der Waals surface area contributed by atoms with Crippen LogP contribution in [0.4, 0.5) is 0 Å². The van der Waals surface area contributed by atoms with E-state index >= 15 is 0 Å². The molecule has 2 heterocycles. The molecule has 0 spiro atoms. The smallest absolute Gasteiger partial charge is 0.164 e. The molecule has 0 aliphatic heterocycles. The van der Waals surface area contributed by atoms with Crippen molar-refractivity contribution in [2.45, 2.75) is 0 Å². The minimum absolute atomic E-state index is 0.633. The number of fused-ring (bicyclic) bond motifs is 7. The van der Waals surface area contributed by atoms with Gasteiger partial charge in [0.1, 0.15) is 11.2 Å². The minimum Gasteiger partial charge on any atom is -0.455 e. The van der Waals surface area contributed by atoms with Gasteiger partial charge in [-0.3, -0.25) is 0 Å². The fourth-order valence-corrected chi connectivity index (χ4v) is 6.34. The van der Waals surface area contributed by atoms with Gasteiger partial charge in [0.15, 0.2) is 17.5 Å². The Hall–Kier alpha value is -6.13. The maximum absolute atomic E-state index is 6.67. The summed E-state index contributed by atoms with van der Waals surface area (Å²) >= 11 is 0. The van der Waals surface area contributed by atoms with E-state index in [0.717, 1.165) is 49.8 Å². The van der Waals surface area contributed by atoms with Crippen molar-refractivity contribution in [3.8, 4) is 45.3 Å². The molecule has 0 aliphatic rings. The molecule has 0 aliphatic carbocycles. The van der Waals surface area contributed by atoms with Gasteiger partial charge in [-0.05, 0) is 39.2 Å². The Labute approximate surface area is 259 Å². The van der Waals surface area contributed by atoms with E-state index in [1.165, 1.54) is 21.5 Å².